The number of nitrogens with zero attached hydrogens (tertiary/aromatic N) is 1. The van der Waals surface area contributed by atoms with Gasteiger partial charge in [0.2, 0.25) is 0 Å². The zero-order chi connectivity index (χ0) is 15.9. The molecule has 120 valence electrons. The standard InChI is InChI=1S/C18H24INO2/c1-11(2)22-18(21)17-15(12-4-6-13(19)7-5-12)10-14-8-9-16(17)20(14)3/h4-7,11,14-17H,8-10H2,1-3H3/t14?,15-,16?,17+/m1/s1. The summed E-state index contributed by atoms with van der Waals surface area (Å²) in [6.45, 7) is 3.86. The van der Waals surface area contributed by atoms with E-state index < -0.39 is 0 Å². The van der Waals surface area contributed by atoms with Crippen molar-refractivity contribution in [1.82, 2.24) is 4.90 Å². The van der Waals surface area contributed by atoms with Crippen LogP contribution in [0, 0.1) is 9.49 Å². The molecule has 2 saturated heterocycles. The fourth-order valence-corrected chi connectivity index (χ4v) is 4.51. The monoisotopic (exact) mass is 413 g/mol. The average molecular weight is 413 g/mol. The van der Waals surface area contributed by atoms with Crippen LogP contribution in [0.4, 0.5) is 0 Å². The molecule has 3 nitrogen and oxygen atoms in total. The molecule has 0 saturated carbocycles. The van der Waals surface area contributed by atoms with Gasteiger partial charge in [-0.05, 0) is 80.4 Å². The van der Waals surface area contributed by atoms with Crippen molar-refractivity contribution in [2.75, 3.05) is 7.05 Å². The van der Waals surface area contributed by atoms with Gasteiger partial charge >= 0.3 is 5.97 Å². The molecule has 0 aliphatic carbocycles. The van der Waals surface area contributed by atoms with Gasteiger partial charge in [0.15, 0.2) is 0 Å². The first-order chi connectivity index (χ1) is 10.5. The average Bonchev–Trinajstić information content (AvgIpc) is 2.71. The summed E-state index contributed by atoms with van der Waals surface area (Å²) < 4.78 is 6.83. The Labute approximate surface area is 146 Å². The van der Waals surface area contributed by atoms with Gasteiger partial charge in [0.25, 0.3) is 0 Å². The topological polar surface area (TPSA) is 29.5 Å². The summed E-state index contributed by atoms with van der Waals surface area (Å²) in [5.41, 5.74) is 1.29. The van der Waals surface area contributed by atoms with E-state index >= 15 is 0 Å². The molecule has 1 aromatic carbocycles. The van der Waals surface area contributed by atoms with E-state index in [4.69, 9.17) is 4.74 Å². The van der Waals surface area contributed by atoms with Gasteiger partial charge in [-0.15, -0.1) is 0 Å². The molecule has 2 heterocycles. The molecule has 0 N–H and O–H groups in total. The minimum Gasteiger partial charge on any atom is -0.463 e. The third-order valence-corrected chi connectivity index (χ3v) is 5.91. The molecule has 0 amide bonds. The number of carbonyl (C=O) groups excluding carboxylic acids is 1. The number of rotatable bonds is 3. The number of esters is 1. The molecule has 2 unspecified atom stereocenters. The summed E-state index contributed by atoms with van der Waals surface area (Å²) in [4.78, 5) is 15.2. The van der Waals surface area contributed by atoms with Crippen LogP contribution < -0.4 is 0 Å². The van der Waals surface area contributed by atoms with E-state index in [2.05, 4.69) is 58.8 Å². The number of piperidine rings is 1. The molecule has 1 aromatic rings. The van der Waals surface area contributed by atoms with Gasteiger partial charge in [-0.2, -0.15) is 0 Å². The summed E-state index contributed by atoms with van der Waals surface area (Å²) in [6.07, 6.45) is 3.33. The maximum atomic E-state index is 12.7. The van der Waals surface area contributed by atoms with Gasteiger partial charge in [0.05, 0.1) is 12.0 Å². The lowest BCUT2D eigenvalue weighted by molar-refractivity contribution is -0.157. The van der Waals surface area contributed by atoms with E-state index in [-0.39, 0.29) is 23.9 Å². The Hall–Kier alpha value is -0.620. The predicted molar refractivity (Wildman–Crippen MR) is 95.8 cm³/mol. The maximum Gasteiger partial charge on any atom is 0.311 e. The van der Waals surface area contributed by atoms with E-state index in [1.807, 2.05) is 13.8 Å². The Kier molecular flexibility index (Phi) is 4.78. The fourth-order valence-electron chi connectivity index (χ4n) is 4.15. The van der Waals surface area contributed by atoms with Crippen LogP contribution >= 0.6 is 22.6 Å². The van der Waals surface area contributed by atoms with Gasteiger partial charge in [0, 0.05) is 21.6 Å². The fraction of sp³-hybridized carbons (Fsp3) is 0.611. The largest absolute Gasteiger partial charge is 0.463 e. The molecule has 22 heavy (non-hydrogen) atoms. The minimum absolute atomic E-state index is 0.0178. The third kappa shape index (κ3) is 3.04. The molecule has 0 radical (unpaired) electrons. The molecular weight excluding hydrogens is 389 g/mol. The van der Waals surface area contributed by atoms with Crippen molar-refractivity contribution in [2.24, 2.45) is 5.92 Å². The number of hydrogen-bond acceptors (Lipinski definition) is 3. The first kappa shape index (κ1) is 16.2. The maximum absolute atomic E-state index is 12.7. The Morgan fingerprint density at radius 1 is 1.27 bits per heavy atom. The lowest BCUT2D eigenvalue weighted by atomic mass is 9.76. The summed E-state index contributed by atoms with van der Waals surface area (Å²) in [6, 6.07) is 9.59. The zero-order valence-corrected chi connectivity index (χ0v) is 15.6. The highest BCUT2D eigenvalue weighted by Crippen LogP contribution is 2.46. The van der Waals surface area contributed by atoms with E-state index in [1.165, 1.54) is 15.6 Å². The lowest BCUT2D eigenvalue weighted by Gasteiger charge is -2.42. The van der Waals surface area contributed by atoms with E-state index in [0.29, 0.717) is 12.1 Å². The number of fused-ring (bicyclic) bond motifs is 2. The van der Waals surface area contributed by atoms with Crippen LogP contribution in [0.25, 0.3) is 0 Å². The van der Waals surface area contributed by atoms with E-state index in [1.54, 1.807) is 0 Å². The SMILES string of the molecule is CC(C)OC(=O)[C@@H]1C2CCC(C[C@@H]1c1ccc(I)cc1)N2C. The Morgan fingerprint density at radius 2 is 1.95 bits per heavy atom. The quantitative estimate of drug-likeness (QED) is 0.558. The summed E-state index contributed by atoms with van der Waals surface area (Å²) in [7, 11) is 2.17. The van der Waals surface area contributed by atoms with Gasteiger partial charge in [0.1, 0.15) is 0 Å². The summed E-state index contributed by atoms with van der Waals surface area (Å²) in [5.74, 6) is 0.235. The summed E-state index contributed by atoms with van der Waals surface area (Å²) in [5, 5.41) is 0. The first-order valence-electron chi connectivity index (χ1n) is 8.15. The number of carbonyl (C=O) groups is 1. The smallest absolute Gasteiger partial charge is 0.311 e. The predicted octanol–water partition coefficient (Wildman–Crippen LogP) is 3.81. The second-order valence-electron chi connectivity index (χ2n) is 6.87. The molecule has 0 aromatic heterocycles. The first-order valence-corrected chi connectivity index (χ1v) is 9.23. The van der Waals surface area contributed by atoms with Crippen LogP contribution in [0.3, 0.4) is 0 Å². The van der Waals surface area contributed by atoms with Crippen LogP contribution in [-0.2, 0) is 9.53 Å². The second-order valence-corrected chi connectivity index (χ2v) is 8.11. The van der Waals surface area contributed by atoms with Crippen molar-refractivity contribution in [3.8, 4) is 0 Å². The van der Waals surface area contributed by atoms with Crippen molar-refractivity contribution < 1.29 is 9.53 Å². The van der Waals surface area contributed by atoms with Crippen molar-refractivity contribution in [3.63, 3.8) is 0 Å². The third-order valence-electron chi connectivity index (χ3n) is 5.19. The van der Waals surface area contributed by atoms with Crippen molar-refractivity contribution >= 4 is 28.6 Å². The van der Waals surface area contributed by atoms with E-state index in [9.17, 15) is 4.79 Å². The Bertz CT molecular complexity index is 543. The molecule has 3 rings (SSSR count). The molecule has 0 spiro atoms. The van der Waals surface area contributed by atoms with Gasteiger partial charge in [-0.3, -0.25) is 9.69 Å². The molecule has 2 aliphatic rings. The zero-order valence-electron chi connectivity index (χ0n) is 13.5. The molecule has 4 heteroatoms. The van der Waals surface area contributed by atoms with Crippen molar-refractivity contribution in [3.05, 3.63) is 33.4 Å². The second kappa shape index (κ2) is 6.48. The molecule has 4 atom stereocenters. The number of benzene rings is 1. The van der Waals surface area contributed by atoms with Crippen LogP contribution in [0.5, 0.6) is 0 Å². The Balaban J connectivity index is 1.91. The van der Waals surface area contributed by atoms with Crippen molar-refractivity contribution in [2.45, 2.75) is 57.2 Å². The highest BCUT2D eigenvalue weighted by atomic mass is 127. The number of hydrogen-bond donors (Lipinski definition) is 0. The molecule has 2 fully saturated rings. The minimum atomic E-state index is -0.0469. The number of halogens is 1. The van der Waals surface area contributed by atoms with Crippen LogP contribution in [-0.4, -0.2) is 36.1 Å². The normalized spacial score (nSPS) is 31.5. The Morgan fingerprint density at radius 3 is 2.59 bits per heavy atom. The van der Waals surface area contributed by atoms with Crippen LogP contribution in [0.2, 0.25) is 0 Å². The number of ether oxygens (including phenoxy) is 1. The highest BCUT2D eigenvalue weighted by Gasteiger charge is 2.49. The molecule has 2 aliphatic heterocycles. The lowest BCUT2D eigenvalue weighted by Crippen LogP contribution is -2.49. The molecule has 2 bridgehead atoms. The van der Waals surface area contributed by atoms with Gasteiger partial charge in [-0.25, -0.2) is 0 Å². The van der Waals surface area contributed by atoms with Gasteiger partial charge in [-0.1, -0.05) is 12.1 Å². The van der Waals surface area contributed by atoms with E-state index in [0.717, 1.165) is 12.8 Å². The van der Waals surface area contributed by atoms with Crippen molar-refractivity contribution in [1.29, 1.82) is 0 Å². The van der Waals surface area contributed by atoms with Crippen LogP contribution in [0.15, 0.2) is 24.3 Å². The van der Waals surface area contributed by atoms with Crippen LogP contribution in [0.1, 0.15) is 44.6 Å². The van der Waals surface area contributed by atoms with Gasteiger partial charge < -0.3 is 4.74 Å². The summed E-state index contributed by atoms with van der Waals surface area (Å²) >= 11 is 2.33. The highest BCUT2D eigenvalue weighted by molar-refractivity contribution is 14.1. The molecular formula is C18H24INO2.